The van der Waals surface area contributed by atoms with Gasteiger partial charge in [-0.1, -0.05) is 0 Å². The van der Waals surface area contributed by atoms with Gasteiger partial charge in [-0.2, -0.15) is 0 Å². The van der Waals surface area contributed by atoms with E-state index in [4.69, 9.17) is 4.74 Å². The predicted molar refractivity (Wildman–Crippen MR) is 58.5 cm³/mol. The normalized spacial score (nSPS) is 9.81. The molecule has 2 heterocycles. The van der Waals surface area contributed by atoms with Crippen molar-refractivity contribution in [2.75, 3.05) is 7.11 Å². The summed E-state index contributed by atoms with van der Waals surface area (Å²) in [6, 6.07) is 6.79. The summed E-state index contributed by atoms with van der Waals surface area (Å²) < 4.78 is 4.92. The van der Waals surface area contributed by atoms with E-state index in [1.165, 1.54) is 19.5 Å². The topological polar surface area (TPSA) is 52.1 Å². The van der Waals surface area contributed by atoms with Gasteiger partial charge < -0.3 is 4.74 Å². The third-order valence-corrected chi connectivity index (χ3v) is 2.13. The lowest BCUT2D eigenvalue weighted by atomic mass is 10.1. The average Bonchev–Trinajstić information content (AvgIpc) is 2.39. The molecular weight excluding hydrogens is 204 g/mol. The SMILES string of the molecule is COc1ccc(C(=O)c2cccnc2)cn1. The Hall–Kier alpha value is -2.23. The number of ketones is 1. The standard InChI is InChI=1S/C12H10N2O2/c1-16-11-5-4-10(8-14-11)12(15)9-3-2-6-13-7-9/h2-8H,1H3. The number of methoxy groups -OCH3 is 1. The average molecular weight is 214 g/mol. The summed E-state index contributed by atoms with van der Waals surface area (Å²) in [6.45, 7) is 0. The minimum atomic E-state index is -0.0942. The van der Waals surface area contributed by atoms with E-state index in [2.05, 4.69) is 9.97 Å². The van der Waals surface area contributed by atoms with Crippen LogP contribution >= 0.6 is 0 Å². The third-order valence-electron chi connectivity index (χ3n) is 2.13. The van der Waals surface area contributed by atoms with Gasteiger partial charge in [-0.05, 0) is 18.2 Å². The molecule has 0 saturated carbocycles. The molecule has 4 heteroatoms. The van der Waals surface area contributed by atoms with E-state index in [-0.39, 0.29) is 5.78 Å². The van der Waals surface area contributed by atoms with Crippen molar-refractivity contribution in [2.24, 2.45) is 0 Å². The van der Waals surface area contributed by atoms with E-state index in [9.17, 15) is 4.79 Å². The highest BCUT2D eigenvalue weighted by Gasteiger charge is 2.09. The van der Waals surface area contributed by atoms with Gasteiger partial charge in [-0.15, -0.1) is 0 Å². The van der Waals surface area contributed by atoms with Crippen molar-refractivity contribution in [1.29, 1.82) is 0 Å². The van der Waals surface area contributed by atoms with Gasteiger partial charge in [0, 0.05) is 35.8 Å². The molecular formula is C12H10N2O2. The monoisotopic (exact) mass is 214 g/mol. The zero-order chi connectivity index (χ0) is 11.4. The van der Waals surface area contributed by atoms with Crippen molar-refractivity contribution in [1.82, 2.24) is 9.97 Å². The quantitative estimate of drug-likeness (QED) is 0.730. The highest BCUT2D eigenvalue weighted by molar-refractivity contribution is 6.08. The summed E-state index contributed by atoms with van der Waals surface area (Å²) >= 11 is 0. The lowest BCUT2D eigenvalue weighted by Gasteiger charge is -2.01. The molecule has 0 saturated heterocycles. The lowest BCUT2D eigenvalue weighted by molar-refractivity contribution is 0.103. The second-order valence-electron chi connectivity index (χ2n) is 3.16. The second kappa shape index (κ2) is 4.53. The Morgan fingerprint density at radius 2 is 2.00 bits per heavy atom. The Morgan fingerprint density at radius 3 is 2.56 bits per heavy atom. The largest absolute Gasteiger partial charge is 0.481 e. The molecule has 2 aromatic rings. The number of aromatic nitrogens is 2. The molecule has 0 radical (unpaired) electrons. The molecule has 16 heavy (non-hydrogen) atoms. The summed E-state index contributed by atoms with van der Waals surface area (Å²) in [4.78, 5) is 19.8. The molecule has 0 aliphatic heterocycles. The van der Waals surface area contributed by atoms with Gasteiger partial charge in [0.15, 0.2) is 5.78 Å². The molecule has 0 N–H and O–H groups in total. The van der Waals surface area contributed by atoms with Crippen LogP contribution in [-0.2, 0) is 0 Å². The van der Waals surface area contributed by atoms with Crippen LogP contribution in [0.15, 0.2) is 42.9 Å². The first-order valence-electron chi connectivity index (χ1n) is 4.76. The Labute approximate surface area is 92.9 Å². The van der Waals surface area contributed by atoms with Gasteiger partial charge in [-0.3, -0.25) is 9.78 Å². The Kier molecular flexibility index (Phi) is 2.91. The fraction of sp³-hybridized carbons (Fsp3) is 0.0833. The van der Waals surface area contributed by atoms with Crippen LogP contribution in [0.25, 0.3) is 0 Å². The van der Waals surface area contributed by atoms with Gasteiger partial charge in [0.05, 0.1) is 7.11 Å². The summed E-state index contributed by atoms with van der Waals surface area (Å²) in [5, 5.41) is 0. The maximum Gasteiger partial charge on any atom is 0.212 e. The van der Waals surface area contributed by atoms with E-state index in [0.29, 0.717) is 17.0 Å². The van der Waals surface area contributed by atoms with Crippen LogP contribution in [0.2, 0.25) is 0 Å². The van der Waals surface area contributed by atoms with E-state index >= 15 is 0 Å². The van der Waals surface area contributed by atoms with E-state index in [0.717, 1.165) is 0 Å². The van der Waals surface area contributed by atoms with Crippen LogP contribution in [0.4, 0.5) is 0 Å². The van der Waals surface area contributed by atoms with Gasteiger partial charge >= 0.3 is 0 Å². The summed E-state index contributed by atoms with van der Waals surface area (Å²) in [5.74, 6) is 0.394. The van der Waals surface area contributed by atoms with Crippen molar-refractivity contribution < 1.29 is 9.53 Å². The number of hydrogen-bond acceptors (Lipinski definition) is 4. The number of pyridine rings is 2. The number of carbonyl (C=O) groups is 1. The summed E-state index contributed by atoms with van der Waals surface area (Å²) in [6.07, 6.45) is 4.66. The van der Waals surface area contributed by atoms with Crippen molar-refractivity contribution in [2.45, 2.75) is 0 Å². The first-order valence-corrected chi connectivity index (χ1v) is 4.76. The first-order chi connectivity index (χ1) is 7.81. The van der Waals surface area contributed by atoms with Crippen LogP contribution in [0.5, 0.6) is 5.88 Å². The van der Waals surface area contributed by atoms with Gasteiger partial charge in [0.1, 0.15) is 0 Å². The summed E-state index contributed by atoms with van der Waals surface area (Å²) in [7, 11) is 1.53. The molecule has 0 unspecified atom stereocenters. The number of nitrogens with zero attached hydrogens (tertiary/aromatic N) is 2. The molecule has 0 aliphatic rings. The van der Waals surface area contributed by atoms with Crippen molar-refractivity contribution >= 4 is 5.78 Å². The molecule has 0 aliphatic carbocycles. The van der Waals surface area contributed by atoms with Crippen LogP contribution < -0.4 is 4.74 Å². The maximum atomic E-state index is 11.9. The number of hydrogen-bond donors (Lipinski definition) is 0. The zero-order valence-electron chi connectivity index (χ0n) is 8.75. The number of carbonyl (C=O) groups excluding carboxylic acids is 1. The highest BCUT2D eigenvalue weighted by Crippen LogP contribution is 2.11. The molecule has 0 spiro atoms. The number of rotatable bonds is 3. The Morgan fingerprint density at radius 1 is 1.19 bits per heavy atom. The van der Waals surface area contributed by atoms with Crippen LogP contribution in [0, 0.1) is 0 Å². The fourth-order valence-electron chi connectivity index (χ4n) is 1.30. The fourth-order valence-corrected chi connectivity index (χ4v) is 1.30. The predicted octanol–water partition coefficient (Wildman–Crippen LogP) is 1.72. The van der Waals surface area contributed by atoms with Crippen molar-refractivity contribution in [3.8, 4) is 5.88 Å². The van der Waals surface area contributed by atoms with E-state index < -0.39 is 0 Å². The third kappa shape index (κ3) is 2.06. The molecule has 4 nitrogen and oxygen atoms in total. The Balaban J connectivity index is 2.28. The minimum absolute atomic E-state index is 0.0942. The Bertz CT molecular complexity index is 480. The van der Waals surface area contributed by atoms with Crippen LogP contribution in [-0.4, -0.2) is 22.9 Å². The van der Waals surface area contributed by atoms with Crippen molar-refractivity contribution in [3.05, 3.63) is 54.0 Å². The molecule has 0 amide bonds. The van der Waals surface area contributed by atoms with E-state index in [1.54, 1.807) is 30.5 Å². The highest BCUT2D eigenvalue weighted by atomic mass is 16.5. The minimum Gasteiger partial charge on any atom is -0.481 e. The van der Waals surface area contributed by atoms with Gasteiger partial charge in [0.2, 0.25) is 5.88 Å². The smallest absolute Gasteiger partial charge is 0.212 e. The zero-order valence-corrected chi connectivity index (χ0v) is 8.75. The molecule has 2 aromatic heterocycles. The molecule has 0 bridgehead atoms. The van der Waals surface area contributed by atoms with E-state index in [1.807, 2.05) is 0 Å². The first kappa shape index (κ1) is 10.3. The molecule has 80 valence electrons. The lowest BCUT2D eigenvalue weighted by Crippen LogP contribution is -2.02. The molecule has 0 fully saturated rings. The maximum absolute atomic E-state index is 11.9. The van der Waals surface area contributed by atoms with Crippen LogP contribution in [0.1, 0.15) is 15.9 Å². The summed E-state index contributed by atoms with van der Waals surface area (Å²) in [5.41, 5.74) is 1.07. The van der Waals surface area contributed by atoms with Crippen LogP contribution in [0.3, 0.4) is 0 Å². The second-order valence-corrected chi connectivity index (χ2v) is 3.16. The molecule has 2 rings (SSSR count). The molecule has 0 aromatic carbocycles. The van der Waals surface area contributed by atoms with Gasteiger partial charge in [-0.25, -0.2) is 4.98 Å². The van der Waals surface area contributed by atoms with Gasteiger partial charge in [0.25, 0.3) is 0 Å². The number of ether oxygens (including phenoxy) is 1. The molecule has 0 atom stereocenters. The van der Waals surface area contributed by atoms with Crippen molar-refractivity contribution in [3.63, 3.8) is 0 Å².